The van der Waals surface area contributed by atoms with Gasteiger partial charge in [-0.15, -0.1) is 0 Å². The van der Waals surface area contributed by atoms with Gasteiger partial charge in [-0.25, -0.2) is 4.68 Å². The molecule has 3 rings (SSSR count). The number of rotatable bonds is 5. The van der Waals surface area contributed by atoms with Gasteiger partial charge in [0.15, 0.2) is 0 Å². The van der Waals surface area contributed by atoms with Crippen molar-refractivity contribution in [3.63, 3.8) is 0 Å². The maximum Gasteiger partial charge on any atom is 0.270 e. The van der Waals surface area contributed by atoms with Crippen LogP contribution < -0.4 is 5.32 Å². The Balaban J connectivity index is 2.07. The highest BCUT2D eigenvalue weighted by atomic mass is 35.5. The zero-order chi connectivity index (χ0) is 17.1. The van der Waals surface area contributed by atoms with Crippen LogP contribution in [0.5, 0.6) is 0 Å². The molecule has 1 amide bonds. The van der Waals surface area contributed by atoms with Gasteiger partial charge in [0.2, 0.25) is 0 Å². The van der Waals surface area contributed by atoms with Gasteiger partial charge < -0.3 is 9.88 Å². The van der Waals surface area contributed by atoms with Gasteiger partial charge in [0.25, 0.3) is 5.91 Å². The zero-order valence-corrected chi connectivity index (χ0v) is 14.4. The van der Waals surface area contributed by atoms with Crippen molar-refractivity contribution in [2.45, 2.75) is 13.3 Å². The Morgan fingerprint density at radius 3 is 2.62 bits per heavy atom. The van der Waals surface area contributed by atoms with Crippen molar-refractivity contribution in [2.24, 2.45) is 7.05 Å². The fourth-order valence-electron chi connectivity index (χ4n) is 2.50. The van der Waals surface area contributed by atoms with E-state index in [1.165, 1.54) is 0 Å². The first-order valence-electron chi connectivity index (χ1n) is 7.86. The first kappa shape index (κ1) is 16.3. The third kappa shape index (κ3) is 3.21. The largest absolute Gasteiger partial charge is 0.351 e. The molecule has 24 heavy (non-hydrogen) atoms. The second kappa shape index (κ2) is 6.93. The van der Waals surface area contributed by atoms with Crippen LogP contribution in [-0.4, -0.2) is 26.8 Å². The van der Waals surface area contributed by atoms with Crippen molar-refractivity contribution >= 4 is 17.5 Å². The highest BCUT2D eigenvalue weighted by molar-refractivity contribution is 6.30. The molecule has 0 saturated heterocycles. The average molecular weight is 343 g/mol. The van der Waals surface area contributed by atoms with E-state index in [2.05, 4.69) is 10.4 Å². The van der Waals surface area contributed by atoms with Crippen LogP contribution in [0.4, 0.5) is 0 Å². The lowest BCUT2D eigenvalue weighted by Crippen LogP contribution is -2.26. The van der Waals surface area contributed by atoms with Crippen molar-refractivity contribution in [2.75, 3.05) is 6.54 Å². The summed E-state index contributed by atoms with van der Waals surface area (Å²) in [4.78, 5) is 12.5. The molecule has 0 unspecified atom stereocenters. The van der Waals surface area contributed by atoms with E-state index >= 15 is 0 Å². The molecule has 0 atom stereocenters. The minimum atomic E-state index is -0.139. The third-order valence-corrected chi connectivity index (χ3v) is 4.01. The second-order valence-electron chi connectivity index (χ2n) is 5.56. The molecule has 0 saturated carbocycles. The molecule has 1 aromatic carbocycles. The highest BCUT2D eigenvalue weighted by Crippen LogP contribution is 2.22. The van der Waals surface area contributed by atoms with Crippen molar-refractivity contribution in [3.05, 3.63) is 59.4 Å². The van der Waals surface area contributed by atoms with Crippen LogP contribution in [0.25, 0.3) is 17.1 Å². The molecule has 2 aromatic heterocycles. The predicted molar refractivity (Wildman–Crippen MR) is 95.6 cm³/mol. The predicted octanol–water partition coefficient (Wildman–Crippen LogP) is 3.67. The highest BCUT2D eigenvalue weighted by Gasteiger charge is 2.18. The Labute approximate surface area is 145 Å². The van der Waals surface area contributed by atoms with Crippen LogP contribution in [0.3, 0.4) is 0 Å². The van der Waals surface area contributed by atoms with E-state index in [4.69, 9.17) is 11.6 Å². The zero-order valence-electron chi connectivity index (χ0n) is 13.7. The van der Waals surface area contributed by atoms with E-state index in [1.54, 1.807) is 16.8 Å². The van der Waals surface area contributed by atoms with Gasteiger partial charge >= 0.3 is 0 Å². The summed E-state index contributed by atoms with van der Waals surface area (Å²) >= 11 is 5.96. The normalized spacial score (nSPS) is 10.8. The number of aromatic nitrogens is 3. The number of carbonyl (C=O) groups excluding carboxylic acids is 1. The molecule has 0 aliphatic heterocycles. The van der Waals surface area contributed by atoms with Gasteiger partial charge in [-0.3, -0.25) is 4.79 Å². The molecule has 5 nitrogen and oxygen atoms in total. The summed E-state index contributed by atoms with van der Waals surface area (Å²) in [5.74, 6) is -0.139. The van der Waals surface area contributed by atoms with E-state index in [0.717, 1.165) is 23.5 Å². The minimum absolute atomic E-state index is 0.139. The molecule has 0 radical (unpaired) electrons. The summed E-state index contributed by atoms with van der Waals surface area (Å²) in [5, 5.41) is 8.19. The Bertz CT molecular complexity index is 848. The molecular formula is C18H19ClN4O. The third-order valence-electron chi connectivity index (χ3n) is 3.75. The summed E-state index contributed by atoms with van der Waals surface area (Å²) in [6.07, 6.45) is 2.83. The van der Waals surface area contributed by atoms with Crippen LogP contribution in [0.1, 0.15) is 23.8 Å². The van der Waals surface area contributed by atoms with Crippen LogP contribution in [0.15, 0.2) is 48.7 Å². The van der Waals surface area contributed by atoms with E-state index < -0.39 is 0 Å². The Hall–Kier alpha value is -2.53. The Morgan fingerprint density at radius 2 is 2.00 bits per heavy atom. The van der Waals surface area contributed by atoms with E-state index in [-0.39, 0.29) is 5.91 Å². The summed E-state index contributed by atoms with van der Waals surface area (Å²) in [7, 11) is 1.95. The quantitative estimate of drug-likeness (QED) is 0.769. The van der Waals surface area contributed by atoms with Crippen LogP contribution >= 0.6 is 11.6 Å². The van der Waals surface area contributed by atoms with Crippen molar-refractivity contribution in [1.29, 1.82) is 0 Å². The number of hydrogen-bond acceptors (Lipinski definition) is 2. The number of nitrogens with zero attached hydrogens (tertiary/aromatic N) is 3. The summed E-state index contributed by atoms with van der Waals surface area (Å²) < 4.78 is 3.63. The van der Waals surface area contributed by atoms with Gasteiger partial charge in [-0.1, -0.05) is 18.5 Å². The van der Waals surface area contributed by atoms with Gasteiger partial charge in [0.1, 0.15) is 11.4 Å². The topological polar surface area (TPSA) is 51.9 Å². The van der Waals surface area contributed by atoms with Crippen LogP contribution in [0, 0.1) is 0 Å². The second-order valence-corrected chi connectivity index (χ2v) is 6.00. The minimum Gasteiger partial charge on any atom is -0.351 e. The molecule has 2 heterocycles. The van der Waals surface area contributed by atoms with Crippen molar-refractivity contribution in [1.82, 2.24) is 19.7 Å². The lowest BCUT2D eigenvalue weighted by Gasteiger charge is -2.07. The van der Waals surface area contributed by atoms with E-state index in [9.17, 15) is 4.79 Å². The summed E-state index contributed by atoms with van der Waals surface area (Å²) in [5.41, 5.74) is 3.00. The standard InChI is InChI=1S/C18H19ClN4O/c1-3-10-20-18(24)17-12-15(16-5-4-11-22(16)2)21-23(17)14-8-6-13(19)7-9-14/h4-9,11-12H,3,10H2,1-2H3,(H,20,24). The van der Waals surface area contributed by atoms with E-state index in [0.29, 0.717) is 17.3 Å². The number of amides is 1. The molecule has 0 aliphatic carbocycles. The molecule has 6 heteroatoms. The molecular weight excluding hydrogens is 324 g/mol. The summed E-state index contributed by atoms with van der Waals surface area (Å²) in [6, 6.07) is 13.0. The number of carbonyl (C=O) groups is 1. The molecule has 0 fully saturated rings. The summed E-state index contributed by atoms with van der Waals surface area (Å²) in [6.45, 7) is 2.65. The van der Waals surface area contributed by atoms with Gasteiger partial charge in [0.05, 0.1) is 11.4 Å². The molecule has 0 spiro atoms. The van der Waals surface area contributed by atoms with Gasteiger partial charge in [-0.2, -0.15) is 5.10 Å². The fourth-order valence-corrected chi connectivity index (χ4v) is 2.63. The maximum atomic E-state index is 12.5. The average Bonchev–Trinajstić information content (AvgIpc) is 3.19. The fraction of sp³-hybridized carbons (Fsp3) is 0.222. The number of halogens is 1. The SMILES string of the molecule is CCCNC(=O)c1cc(-c2cccn2C)nn1-c1ccc(Cl)cc1. The maximum absolute atomic E-state index is 12.5. The van der Waals surface area contributed by atoms with Crippen molar-refractivity contribution < 1.29 is 4.79 Å². The lowest BCUT2D eigenvalue weighted by molar-refractivity contribution is 0.0946. The smallest absolute Gasteiger partial charge is 0.270 e. The number of benzene rings is 1. The first-order chi connectivity index (χ1) is 11.6. The molecule has 1 N–H and O–H groups in total. The monoisotopic (exact) mass is 342 g/mol. The Kier molecular flexibility index (Phi) is 4.71. The number of nitrogens with one attached hydrogen (secondary N) is 1. The first-order valence-corrected chi connectivity index (χ1v) is 8.24. The van der Waals surface area contributed by atoms with Gasteiger partial charge in [0, 0.05) is 24.8 Å². The molecule has 0 aliphatic rings. The Morgan fingerprint density at radius 1 is 1.25 bits per heavy atom. The van der Waals surface area contributed by atoms with Gasteiger partial charge in [-0.05, 0) is 48.9 Å². The van der Waals surface area contributed by atoms with Crippen LogP contribution in [-0.2, 0) is 7.05 Å². The molecule has 3 aromatic rings. The van der Waals surface area contributed by atoms with Crippen LogP contribution in [0.2, 0.25) is 5.02 Å². The lowest BCUT2D eigenvalue weighted by atomic mass is 10.2. The van der Waals surface area contributed by atoms with Crippen molar-refractivity contribution in [3.8, 4) is 17.1 Å². The molecule has 124 valence electrons. The molecule has 0 bridgehead atoms. The number of hydrogen-bond donors (Lipinski definition) is 1. The number of aryl methyl sites for hydroxylation is 1. The van der Waals surface area contributed by atoms with E-state index in [1.807, 2.05) is 55.1 Å².